The van der Waals surface area contributed by atoms with Gasteiger partial charge in [0.15, 0.2) is 11.5 Å². The van der Waals surface area contributed by atoms with Crippen LogP contribution in [0.3, 0.4) is 0 Å². The first-order valence-corrected chi connectivity index (χ1v) is 8.19. The number of carbonyl (C=O) groups excluding carboxylic acids is 1. The molecule has 1 heterocycles. The van der Waals surface area contributed by atoms with Gasteiger partial charge in [0, 0.05) is 17.5 Å². The number of hydrogen-bond acceptors (Lipinski definition) is 4. The SMILES string of the molecule is C[C@@H](Sc1ccc(F)cc1F)C(=O)NCc1ccc2c(c1)OCO2. The van der Waals surface area contributed by atoms with E-state index in [9.17, 15) is 13.6 Å². The standard InChI is InChI=1S/C17H15F2NO3S/c1-10(24-16-5-3-12(18)7-13(16)19)17(21)20-8-11-2-4-14-15(6-11)23-9-22-14/h2-7,10H,8-9H2,1H3,(H,20,21)/t10-/m1/s1. The zero-order chi connectivity index (χ0) is 17.1. The van der Waals surface area contributed by atoms with Gasteiger partial charge in [0.25, 0.3) is 0 Å². The number of ether oxygens (including phenoxy) is 2. The minimum Gasteiger partial charge on any atom is -0.454 e. The Kier molecular flexibility index (Phi) is 4.89. The second-order valence-corrected chi connectivity index (χ2v) is 6.62. The van der Waals surface area contributed by atoms with Crippen LogP contribution in [0.5, 0.6) is 11.5 Å². The van der Waals surface area contributed by atoms with E-state index in [0.717, 1.165) is 23.4 Å². The summed E-state index contributed by atoms with van der Waals surface area (Å²) >= 11 is 1.04. The fraction of sp³-hybridized carbons (Fsp3) is 0.235. The van der Waals surface area contributed by atoms with Crippen molar-refractivity contribution in [1.82, 2.24) is 5.32 Å². The Morgan fingerprint density at radius 2 is 2.00 bits per heavy atom. The van der Waals surface area contributed by atoms with Crippen LogP contribution in [-0.2, 0) is 11.3 Å². The molecule has 7 heteroatoms. The predicted molar refractivity (Wildman–Crippen MR) is 86.1 cm³/mol. The van der Waals surface area contributed by atoms with Gasteiger partial charge in [0.2, 0.25) is 12.7 Å². The number of rotatable bonds is 5. The van der Waals surface area contributed by atoms with E-state index in [-0.39, 0.29) is 17.6 Å². The van der Waals surface area contributed by atoms with Crippen molar-refractivity contribution in [1.29, 1.82) is 0 Å². The average Bonchev–Trinajstić information content (AvgIpc) is 3.02. The molecule has 1 amide bonds. The third kappa shape index (κ3) is 3.79. The van der Waals surface area contributed by atoms with Gasteiger partial charge in [-0.15, -0.1) is 11.8 Å². The van der Waals surface area contributed by atoms with Gasteiger partial charge in [-0.25, -0.2) is 8.78 Å². The van der Waals surface area contributed by atoms with Crippen LogP contribution >= 0.6 is 11.8 Å². The van der Waals surface area contributed by atoms with Crippen LogP contribution in [0.25, 0.3) is 0 Å². The average molecular weight is 351 g/mol. The van der Waals surface area contributed by atoms with Crippen LogP contribution in [0.2, 0.25) is 0 Å². The third-order valence-electron chi connectivity index (χ3n) is 3.47. The summed E-state index contributed by atoms with van der Waals surface area (Å²) in [5, 5.41) is 2.27. The number of hydrogen-bond donors (Lipinski definition) is 1. The van der Waals surface area contributed by atoms with Crippen molar-refractivity contribution < 1.29 is 23.0 Å². The normalized spacial score (nSPS) is 13.6. The molecule has 2 aromatic carbocycles. The molecule has 0 fully saturated rings. The highest BCUT2D eigenvalue weighted by Gasteiger charge is 2.17. The molecule has 0 bridgehead atoms. The fourth-order valence-corrected chi connectivity index (χ4v) is 3.09. The van der Waals surface area contributed by atoms with Gasteiger partial charge in [0.1, 0.15) is 11.6 Å². The lowest BCUT2D eigenvalue weighted by molar-refractivity contribution is -0.120. The summed E-state index contributed by atoms with van der Waals surface area (Å²) in [7, 11) is 0. The van der Waals surface area contributed by atoms with Crippen molar-refractivity contribution in [2.24, 2.45) is 0 Å². The number of nitrogens with one attached hydrogen (secondary N) is 1. The highest BCUT2D eigenvalue weighted by molar-refractivity contribution is 8.00. The maximum absolute atomic E-state index is 13.6. The Hall–Kier alpha value is -2.28. The molecule has 24 heavy (non-hydrogen) atoms. The summed E-state index contributed by atoms with van der Waals surface area (Å²) in [6, 6.07) is 8.74. The van der Waals surface area contributed by atoms with Gasteiger partial charge < -0.3 is 14.8 Å². The molecule has 0 spiro atoms. The van der Waals surface area contributed by atoms with Crippen molar-refractivity contribution in [2.45, 2.75) is 23.6 Å². The van der Waals surface area contributed by atoms with Crippen molar-refractivity contribution in [3.05, 3.63) is 53.6 Å². The van der Waals surface area contributed by atoms with Gasteiger partial charge in [0.05, 0.1) is 5.25 Å². The van der Waals surface area contributed by atoms with E-state index in [1.807, 2.05) is 6.07 Å². The molecule has 1 aliphatic rings. The van der Waals surface area contributed by atoms with E-state index in [0.29, 0.717) is 18.0 Å². The first-order valence-electron chi connectivity index (χ1n) is 7.31. The summed E-state index contributed by atoms with van der Waals surface area (Å²) in [4.78, 5) is 12.4. The van der Waals surface area contributed by atoms with Crippen LogP contribution in [-0.4, -0.2) is 18.0 Å². The van der Waals surface area contributed by atoms with Crippen LogP contribution in [0.15, 0.2) is 41.3 Å². The lowest BCUT2D eigenvalue weighted by atomic mass is 10.2. The largest absolute Gasteiger partial charge is 0.454 e. The minimum absolute atomic E-state index is 0.196. The quantitative estimate of drug-likeness (QED) is 0.838. The maximum atomic E-state index is 13.6. The maximum Gasteiger partial charge on any atom is 0.233 e. The Labute approximate surface area is 142 Å². The van der Waals surface area contributed by atoms with Gasteiger partial charge in [-0.2, -0.15) is 0 Å². The number of benzene rings is 2. The summed E-state index contributed by atoms with van der Waals surface area (Å²) in [6.07, 6.45) is 0. The number of fused-ring (bicyclic) bond motifs is 1. The number of thioether (sulfide) groups is 1. The van der Waals surface area contributed by atoms with Crippen molar-refractivity contribution in [2.75, 3.05) is 6.79 Å². The monoisotopic (exact) mass is 351 g/mol. The molecule has 4 nitrogen and oxygen atoms in total. The molecular weight excluding hydrogens is 336 g/mol. The van der Waals surface area contributed by atoms with Crippen LogP contribution in [0.1, 0.15) is 12.5 Å². The Balaban J connectivity index is 1.56. The second-order valence-electron chi connectivity index (χ2n) is 5.24. The topological polar surface area (TPSA) is 47.6 Å². The van der Waals surface area contributed by atoms with E-state index in [1.165, 1.54) is 12.1 Å². The predicted octanol–water partition coefficient (Wildman–Crippen LogP) is 3.49. The fourth-order valence-electron chi connectivity index (χ4n) is 2.20. The van der Waals surface area contributed by atoms with Crippen molar-refractivity contribution >= 4 is 17.7 Å². The van der Waals surface area contributed by atoms with Gasteiger partial charge in [-0.3, -0.25) is 4.79 Å². The Morgan fingerprint density at radius 1 is 1.21 bits per heavy atom. The minimum atomic E-state index is -0.671. The molecule has 0 radical (unpaired) electrons. The molecule has 2 aromatic rings. The number of halogens is 2. The highest BCUT2D eigenvalue weighted by Crippen LogP contribution is 2.32. The zero-order valence-electron chi connectivity index (χ0n) is 12.8. The summed E-state index contributed by atoms with van der Waals surface area (Å²) < 4.78 is 37.0. The lowest BCUT2D eigenvalue weighted by Gasteiger charge is -2.13. The Morgan fingerprint density at radius 3 is 2.79 bits per heavy atom. The van der Waals surface area contributed by atoms with Gasteiger partial charge in [-0.05, 0) is 36.8 Å². The molecule has 1 aliphatic heterocycles. The van der Waals surface area contributed by atoms with Crippen LogP contribution in [0.4, 0.5) is 8.78 Å². The first kappa shape index (κ1) is 16.6. The van der Waals surface area contributed by atoms with Crippen LogP contribution in [0, 0.1) is 11.6 Å². The van der Waals surface area contributed by atoms with Gasteiger partial charge in [-0.1, -0.05) is 6.07 Å². The smallest absolute Gasteiger partial charge is 0.233 e. The lowest BCUT2D eigenvalue weighted by Crippen LogP contribution is -2.30. The molecule has 0 saturated carbocycles. The molecule has 3 rings (SSSR count). The summed E-state index contributed by atoms with van der Waals surface area (Å²) in [5.74, 6) is -0.216. The number of amides is 1. The zero-order valence-corrected chi connectivity index (χ0v) is 13.7. The molecule has 1 N–H and O–H groups in total. The summed E-state index contributed by atoms with van der Waals surface area (Å²) in [5.41, 5.74) is 0.873. The van der Waals surface area contributed by atoms with Gasteiger partial charge >= 0.3 is 0 Å². The molecular formula is C17H15F2NO3S. The van der Waals surface area contributed by atoms with Crippen molar-refractivity contribution in [3.63, 3.8) is 0 Å². The second kappa shape index (κ2) is 7.09. The first-order chi connectivity index (χ1) is 11.5. The third-order valence-corrected chi connectivity index (χ3v) is 4.62. The van der Waals surface area contributed by atoms with E-state index < -0.39 is 16.9 Å². The van der Waals surface area contributed by atoms with Crippen molar-refractivity contribution in [3.8, 4) is 11.5 Å². The van der Waals surface area contributed by atoms with Crippen LogP contribution < -0.4 is 14.8 Å². The molecule has 0 aromatic heterocycles. The molecule has 0 aliphatic carbocycles. The van der Waals surface area contributed by atoms with E-state index >= 15 is 0 Å². The van der Waals surface area contributed by atoms with E-state index in [4.69, 9.17) is 9.47 Å². The molecule has 0 saturated heterocycles. The highest BCUT2D eigenvalue weighted by atomic mass is 32.2. The summed E-state index contributed by atoms with van der Waals surface area (Å²) in [6.45, 7) is 2.19. The molecule has 1 atom stereocenters. The van der Waals surface area contributed by atoms with E-state index in [1.54, 1.807) is 19.1 Å². The van der Waals surface area contributed by atoms with E-state index in [2.05, 4.69) is 5.32 Å². The molecule has 0 unspecified atom stereocenters. The molecule has 126 valence electrons. The number of carbonyl (C=O) groups is 1. The Bertz CT molecular complexity index is 769.